The van der Waals surface area contributed by atoms with E-state index in [0.29, 0.717) is 0 Å². The molecule has 0 saturated heterocycles. The third-order valence-corrected chi connectivity index (χ3v) is 4.74. The molecule has 0 fully saturated rings. The maximum atomic E-state index is 9.10. The normalized spacial score (nSPS) is 10.8. The topological polar surface area (TPSA) is 77.8 Å². The first kappa shape index (κ1) is 20.4. The van der Waals surface area contributed by atoms with Crippen LogP contribution in [0.1, 0.15) is 4.88 Å². The number of hydrogen-bond donors (Lipinski definition) is 2. The highest BCUT2D eigenvalue weighted by molar-refractivity contribution is 7.20. The van der Waals surface area contributed by atoms with Crippen molar-refractivity contribution < 1.29 is 19.8 Å². The van der Waals surface area contributed by atoms with Crippen molar-refractivity contribution in [3.05, 3.63) is 65.6 Å². The SMILES string of the molecule is CN(C)C/C=C/c1sc2ccccc2c1-c1ccccc1.O=C(O)C(=O)O. The van der Waals surface area contributed by atoms with Crippen LogP contribution in [0.4, 0.5) is 0 Å². The van der Waals surface area contributed by atoms with Crippen LogP contribution in [0.3, 0.4) is 0 Å². The molecule has 2 aromatic carbocycles. The Labute approximate surface area is 161 Å². The summed E-state index contributed by atoms with van der Waals surface area (Å²) >= 11 is 1.87. The summed E-state index contributed by atoms with van der Waals surface area (Å²) in [5, 5.41) is 16.1. The Balaban J connectivity index is 0.000000380. The molecule has 0 spiro atoms. The minimum absolute atomic E-state index is 0.961. The summed E-state index contributed by atoms with van der Waals surface area (Å²) < 4.78 is 1.35. The molecule has 0 amide bonds. The Hall–Kier alpha value is -2.96. The maximum absolute atomic E-state index is 9.10. The molecule has 3 rings (SSSR count). The number of thiophene rings is 1. The van der Waals surface area contributed by atoms with Gasteiger partial charge < -0.3 is 15.1 Å². The third-order valence-electron chi connectivity index (χ3n) is 3.61. The van der Waals surface area contributed by atoms with E-state index in [-0.39, 0.29) is 0 Å². The highest BCUT2D eigenvalue weighted by Gasteiger charge is 2.11. The summed E-state index contributed by atoms with van der Waals surface area (Å²) in [6.45, 7) is 0.961. The van der Waals surface area contributed by atoms with Gasteiger partial charge in [0.1, 0.15) is 0 Å². The van der Waals surface area contributed by atoms with E-state index in [4.69, 9.17) is 19.8 Å². The molecule has 0 aliphatic rings. The van der Waals surface area contributed by atoms with E-state index in [9.17, 15) is 0 Å². The minimum Gasteiger partial charge on any atom is -0.473 e. The lowest BCUT2D eigenvalue weighted by Crippen LogP contribution is -2.10. The van der Waals surface area contributed by atoms with Crippen molar-refractivity contribution in [2.75, 3.05) is 20.6 Å². The number of nitrogens with zero attached hydrogens (tertiary/aromatic N) is 1. The fourth-order valence-electron chi connectivity index (χ4n) is 2.45. The van der Waals surface area contributed by atoms with Gasteiger partial charge in [-0.05, 0) is 31.8 Å². The molecule has 27 heavy (non-hydrogen) atoms. The molecular formula is C21H21NO4S. The van der Waals surface area contributed by atoms with Gasteiger partial charge in [-0.3, -0.25) is 0 Å². The van der Waals surface area contributed by atoms with Gasteiger partial charge in [-0.15, -0.1) is 11.3 Å². The zero-order valence-corrected chi connectivity index (χ0v) is 15.9. The van der Waals surface area contributed by atoms with E-state index in [0.717, 1.165) is 6.54 Å². The number of rotatable bonds is 4. The number of hydrogen-bond acceptors (Lipinski definition) is 4. The van der Waals surface area contributed by atoms with Crippen molar-refractivity contribution in [3.63, 3.8) is 0 Å². The Morgan fingerprint density at radius 1 is 0.963 bits per heavy atom. The van der Waals surface area contributed by atoms with Gasteiger partial charge in [-0.2, -0.15) is 0 Å². The molecule has 2 N–H and O–H groups in total. The summed E-state index contributed by atoms with van der Waals surface area (Å²) in [5.74, 6) is -3.65. The third kappa shape index (κ3) is 5.77. The smallest absolute Gasteiger partial charge is 0.414 e. The lowest BCUT2D eigenvalue weighted by molar-refractivity contribution is -0.159. The molecule has 0 aliphatic carbocycles. The molecule has 1 aromatic heterocycles. The summed E-state index contributed by atoms with van der Waals surface area (Å²) in [7, 11) is 4.18. The first-order valence-electron chi connectivity index (χ1n) is 8.24. The van der Waals surface area contributed by atoms with Gasteiger partial charge in [0.25, 0.3) is 0 Å². The molecule has 0 bridgehead atoms. The molecule has 0 unspecified atom stereocenters. The Kier molecular flexibility index (Phi) is 7.28. The second-order valence-corrected chi connectivity index (χ2v) is 7.06. The van der Waals surface area contributed by atoms with Crippen LogP contribution in [0.5, 0.6) is 0 Å². The molecule has 0 atom stereocenters. The first-order valence-corrected chi connectivity index (χ1v) is 9.06. The minimum atomic E-state index is -1.82. The van der Waals surface area contributed by atoms with E-state index >= 15 is 0 Å². The van der Waals surface area contributed by atoms with Gasteiger partial charge in [-0.25, -0.2) is 9.59 Å². The van der Waals surface area contributed by atoms with Crippen molar-refractivity contribution in [2.24, 2.45) is 0 Å². The van der Waals surface area contributed by atoms with Crippen LogP contribution in [0.2, 0.25) is 0 Å². The number of likely N-dealkylation sites (N-methyl/N-ethyl adjacent to an activating group) is 1. The van der Waals surface area contributed by atoms with Crippen molar-refractivity contribution in [2.45, 2.75) is 0 Å². The number of fused-ring (bicyclic) bond motifs is 1. The predicted molar refractivity (Wildman–Crippen MR) is 110 cm³/mol. The van der Waals surface area contributed by atoms with Gasteiger partial charge in [-0.1, -0.05) is 54.6 Å². The molecule has 3 aromatic rings. The molecule has 0 radical (unpaired) electrons. The maximum Gasteiger partial charge on any atom is 0.414 e. The van der Waals surface area contributed by atoms with E-state index in [2.05, 4.69) is 85.7 Å². The lowest BCUT2D eigenvalue weighted by Gasteiger charge is -2.04. The predicted octanol–water partition coefficient (Wildman–Crippen LogP) is 4.30. The van der Waals surface area contributed by atoms with Gasteiger partial charge in [0.15, 0.2) is 0 Å². The molecule has 5 nitrogen and oxygen atoms in total. The fraction of sp³-hybridized carbons (Fsp3) is 0.143. The average molecular weight is 383 g/mol. The molecule has 140 valence electrons. The number of benzene rings is 2. The van der Waals surface area contributed by atoms with Crippen LogP contribution in [-0.4, -0.2) is 47.7 Å². The zero-order valence-electron chi connectivity index (χ0n) is 15.1. The molecule has 0 saturated carbocycles. The number of aliphatic carboxylic acids is 2. The lowest BCUT2D eigenvalue weighted by atomic mass is 10.0. The van der Waals surface area contributed by atoms with Crippen LogP contribution in [0.25, 0.3) is 27.3 Å². The Bertz CT molecular complexity index is 933. The summed E-state index contributed by atoms with van der Waals surface area (Å²) in [6.07, 6.45) is 4.49. The number of carboxylic acid groups (broad SMARTS) is 2. The molecule has 1 heterocycles. The number of carboxylic acids is 2. The van der Waals surface area contributed by atoms with Gasteiger partial charge in [0.05, 0.1) is 0 Å². The summed E-state index contributed by atoms with van der Waals surface area (Å²) in [5.41, 5.74) is 2.64. The zero-order chi connectivity index (χ0) is 19.8. The van der Waals surface area contributed by atoms with Gasteiger partial charge >= 0.3 is 11.9 Å². The molecule has 0 aliphatic heterocycles. The monoisotopic (exact) mass is 383 g/mol. The van der Waals surface area contributed by atoms with Crippen LogP contribution in [-0.2, 0) is 9.59 Å². The first-order chi connectivity index (χ1) is 12.9. The van der Waals surface area contributed by atoms with E-state index in [1.165, 1.54) is 26.1 Å². The van der Waals surface area contributed by atoms with Crippen molar-refractivity contribution >= 4 is 39.4 Å². The number of carbonyl (C=O) groups is 2. The Morgan fingerprint density at radius 2 is 1.56 bits per heavy atom. The van der Waals surface area contributed by atoms with Crippen molar-refractivity contribution in [1.82, 2.24) is 4.90 Å². The average Bonchev–Trinajstić information content (AvgIpc) is 3.00. The quantitative estimate of drug-likeness (QED) is 0.657. The van der Waals surface area contributed by atoms with Crippen LogP contribution >= 0.6 is 11.3 Å². The second kappa shape index (κ2) is 9.66. The van der Waals surface area contributed by atoms with Crippen LogP contribution < -0.4 is 0 Å². The van der Waals surface area contributed by atoms with Crippen molar-refractivity contribution in [3.8, 4) is 11.1 Å². The van der Waals surface area contributed by atoms with E-state index < -0.39 is 11.9 Å². The molecule has 6 heteroatoms. The van der Waals surface area contributed by atoms with E-state index in [1.807, 2.05) is 11.3 Å². The van der Waals surface area contributed by atoms with Gasteiger partial charge in [0, 0.05) is 27.1 Å². The second-order valence-electron chi connectivity index (χ2n) is 5.98. The largest absolute Gasteiger partial charge is 0.473 e. The highest BCUT2D eigenvalue weighted by atomic mass is 32.1. The highest BCUT2D eigenvalue weighted by Crippen LogP contribution is 2.39. The van der Waals surface area contributed by atoms with Gasteiger partial charge in [0.2, 0.25) is 0 Å². The van der Waals surface area contributed by atoms with Crippen LogP contribution in [0, 0.1) is 0 Å². The van der Waals surface area contributed by atoms with Crippen molar-refractivity contribution in [1.29, 1.82) is 0 Å². The Morgan fingerprint density at radius 3 is 2.15 bits per heavy atom. The standard InChI is InChI=1S/C19H19NS.C2H2O4/c1-20(2)14-8-13-18-19(15-9-4-3-5-10-15)16-11-6-7-12-17(16)21-18;3-1(4)2(5)6/h3-13H,14H2,1-2H3;(H,3,4)(H,5,6)/b13-8+;. The van der Waals surface area contributed by atoms with E-state index in [1.54, 1.807) is 0 Å². The summed E-state index contributed by atoms with van der Waals surface area (Å²) in [4.78, 5) is 21.7. The van der Waals surface area contributed by atoms with Crippen LogP contribution in [0.15, 0.2) is 60.7 Å². The molecular weight excluding hydrogens is 362 g/mol. The summed E-state index contributed by atoms with van der Waals surface area (Å²) in [6, 6.07) is 19.3. The fourth-order valence-corrected chi connectivity index (χ4v) is 3.61.